The van der Waals surface area contributed by atoms with Crippen molar-refractivity contribution in [2.45, 2.75) is 44.3 Å². The molecule has 1 aliphatic carbocycles. The highest BCUT2D eigenvalue weighted by Gasteiger charge is 2.26. The summed E-state index contributed by atoms with van der Waals surface area (Å²) in [6.45, 7) is 3.59. The molecule has 98 valence electrons. The van der Waals surface area contributed by atoms with E-state index in [4.69, 9.17) is 5.73 Å². The Morgan fingerprint density at radius 3 is 2.61 bits per heavy atom. The Morgan fingerprint density at radius 1 is 1.17 bits per heavy atom. The molecule has 3 rings (SSSR count). The fourth-order valence-corrected chi connectivity index (χ4v) is 2.98. The third-order valence-electron chi connectivity index (χ3n) is 4.14. The molecule has 1 aromatic rings. The highest BCUT2D eigenvalue weighted by molar-refractivity contribution is 5.52. The summed E-state index contributed by atoms with van der Waals surface area (Å²) in [5.74, 6) is 0. The van der Waals surface area contributed by atoms with Crippen molar-refractivity contribution in [1.29, 1.82) is 0 Å². The topological polar surface area (TPSA) is 41.3 Å². The van der Waals surface area contributed by atoms with E-state index in [1.54, 1.807) is 0 Å². The van der Waals surface area contributed by atoms with Crippen molar-refractivity contribution >= 4 is 5.69 Å². The molecule has 0 amide bonds. The molecular formula is C15H23N3. The quantitative estimate of drug-likeness (QED) is 0.854. The van der Waals surface area contributed by atoms with Gasteiger partial charge in [0.25, 0.3) is 0 Å². The van der Waals surface area contributed by atoms with Crippen LogP contribution in [0.3, 0.4) is 0 Å². The van der Waals surface area contributed by atoms with E-state index in [9.17, 15) is 0 Å². The summed E-state index contributed by atoms with van der Waals surface area (Å²) in [5, 5.41) is 3.64. The largest absolute Gasteiger partial charge is 0.382 e. The van der Waals surface area contributed by atoms with E-state index in [0.717, 1.165) is 19.4 Å². The maximum absolute atomic E-state index is 5.84. The van der Waals surface area contributed by atoms with Crippen LogP contribution in [0.15, 0.2) is 24.3 Å². The highest BCUT2D eigenvalue weighted by Crippen LogP contribution is 2.26. The fraction of sp³-hybridized carbons (Fsp3) is 0.600. The van der Waals surface area contributed by atoms with E-state index in [1.807, 2.05) is 0 Å². The van der Waals surface area contributed by atoms with Crippen LogP contribution in [0, 0.1) is 0 Å². The molecule has 0 bridgehead atoms. The number of para-hydroxylation sites is 1. The maximum Gasteiger partial charge on any atom is 0.0388 e. The van der Waals surface area contributed by atoms with Crippen LogP contribution in [0.25, 0.3) is 0 Å². The smallest absolute Gasteiger partial charge is 0.0388 e. The van der Waals surface area contributed by atoms with Gasteiger partial charge in [-0.1, -0.05) is 18.2 Å². The molecular weight excluding hydrogens is 222 g/mol. The lowest BCUT2D eigenvalue weighted by atomic mass is 9.87. The first-order chi connectivity index (χ1) is 8.81. The first-order valence-electron chi connectivity index (χ1n) is 7.13. The molecule has 1 aromatic carbocycles. The van der Waals surface area contributed by atoms with Crippen LogP contribution >= 0.6 is 0 Å². The van der Waals surface area contributed by atoms with Crippen molar-refractivity contribution in [2.24, 2.45) is 5.73 Å². The summed E-state index contributed by atoms with van der Waals surface area (Å²) in [6, 6.07) is 9.71. The summed E-state index contributed by atoms with van der Waals surface area (Å²) in [4.78, 5) is 2.55. The van der Waals surface area contributed by atoms with E-state index < -0.39 is 0 Å². The average molecular weight is 245 g/mol. The standard InChI is InChI=1S/C15H23N3/c16-13-9-14(10-13)17-15-6-2-1-5-12(15)11-18-7-3-4-8-18/h1-2,5-6,13-14,17H,3-4,7-11,16H2. The molecule has 0 radical (unpaired) electrons. The van der Waals surface area contributed by atoms with Crippen molar-refractivity contribution in [3.05, 3.63) is 29.8 Å². The fourth-order valence-electron chi connectivity index (χ4n) is 2.98. The molecule has 0 spiro atoms. The van der Waals surface area contributed by atoms with E-state index in [0.29, 0.717) is 12.1 Å². The minimum Gasteiger partial charge on any atom is -0.382 e. The van der Waals surface area contributed by atoms with Gasteiger partial charge in [-0.3, -0.25) is 4.90 Å². The average Bonchev–Trinajstić information content (AvgIpc) is 2.82. The molecule has 0 unspecified atom stereocenters. The Hall–Kier alpha value is -1.06. The second-order valence-corrected chi connectivity index (χ2v) is 5.71. The van der Waals surface area contributed by atoms with Gasteiger partial charge < -0.3 is 11.1 Å². The first kappa shape index (κ1) is 12.0. The number of nitrogens with two attached hydrogens (primary N) is 1. The van der Waals surface area contributed by atoms with Gasteiger partial charge in [0.2, 0.25) is 0 Å². The molecule has 0 aromatic heterocycles. The normalized spacial score (nSPS) is 28.1. The Labute approximate surface area is 109 Å². The molecule has 3 nitrogen and oxygen atoms in total. The lowest BCUT2D eigenvalue weighted by Crippen LogP contribution is -2.44. The zero-order chi connectivity index (χ0) is 12.4. The van der Waals surface area contributed by atoms with E-state index in [-0.39, 0.29) is 0 Å². The molecule has 1 aliphatic heterocycles. The summed E-state index contributed by atoms with van der Waals surface area (Å²) in [7, 11) is 0. The Balaban J connectivity index is 1.64. The Bertz CT molecular complexity index is 392. The van der Waals surface area contributed by atoms with Crippen molar-refractivity contribution in [2.75, 3.05) is 18.4 Å². The van der Waals surface area contributed by atoms with E-state index >= 15 is 0 Å². The summed E-state index contributed by atoms with van der Waals surface area (Å²) < 4.78 is 0. The molecule has 0 atom stereocenters. The van der Waals surface area contributed by atoms with Crippen molar-refractivity contribution in [1.82, 2.24) is 4.90 Å². The number of hydrogen-bond acceptors (Lipinski definition) is 3. The number of likely N-dealkylation sites (tertiary alicyclic amines) is 1. The lowest BCUT2D eigenvalue weighted by Gasteiger charge is -2.34. The zero-order valence-electron chi connectivity index (χ0n) is 10.9. The third kappa shape index (κ3) is 2.68. The number of hydrogen-bond donors (Lipinski definition) is 2. The third-order valence-corrected chi connectivity index (χ3v) is 4.14. The van der Waals surface area contributed by atoms with Gasteiger partial charge >= 0.3 is 0 Å². The van der Waals surface area contributed by atoms with Crippen molar-refractivity contribution in [3.63, 3.8) is 0 Å². The molecule has 3 heteroatoms. The zero-order valence-corrected chi connectivity index (χ0v) is 10.9. The monoisotopic (exact) mass is 245 g/mol. The van der Waals surface area contributed by atoms with Crippen LogP contribution in [0.5, 0.6) is 0 Å². The van der Waals surface area contributed by atoms with Crippen molar-refractivity contribution in [3.8, 4) is 0 Å². The van der Waals surface area contributed by atoms with Gasteiger partial charge in [0.05, 0.1) is 0 Å². The number of nitrogens with zero attached hydrogens (tertiary/aromatic N) is 1. The number of benzene rings is 1. The lowest BCUT2D eigenvalue weighted by molar-refractivity contribution is 0.331. The van der Waals surface area contributed by atoms with Gasteiger partial charge in [-0.05, 0) is 50.4 Å². The van der Waals surface area contributed by atoms with Gasteiger partial charge in [-0.25, -0.2) is 0 Å². The predicted octanol–water partition coefficient (Wildman–Crippen LogP) is 2.18. The number of anilines is 1. The molecule has 1 saturated carbocycles. The van der Waals surface area contributed by atoms with Gasteiger partial charge in [-0.2, -0.15) is 0 Å². The first-order valence-corrected chi connectivity index (χ1v) is 7.13. The van der Waals surface area contributed by atoms with Crippen LogP contribution < -0.4 is 11.1 Å². The molecule has 2 fully saturated rings. The minimum atomic E-state index is 0.410. The van der Waals surface area contributed by atoms with E-state index in [1.165, 1.54) is 37.2 Å². The Morgan fingerprint density at radius 2 is 1.89 bits per heavy atom. The SMILES string of the molecule is NC1CC(Nc2ccccc2CN2CCCC2)C1. The molecule has 2 aliphatic rings. The minimum absolute atomic E-state index is 0.410. The van der Waals surface area contributed by atoms with Crippen LogP contribution in [0.2, 0.25) is 0 Å². The summed E-state index contributed by atoms with van der Waals surface area (Å²) >= 11 is 0. The Kier molecular flexibility index (Phi) is 3.52. The van der Waals surface area contributed by atoms with Crippen LogP contribution in [-0.2, 0) is 6.54 Å². The van der Waals surface area contributed by atoms with E-state index in [2.05, 4.69) is 34.5 Å². The summed E-state index contributed by atoms with van der Waals surface area (Å²) in [5.41, 5.74) is 8.58. The number of rotatable bonds is 4. The summed E-state index contributed by atoms with van der Waals surface area (Å²) in [6.07, 6.45) is 4.93. The number of nitrogens with one attached hydrogen (secondary N) is 1. The predicted molar refractivity (Wildman–Crippen MR) is 75.6 cm³/mol. The molecule has 3 N–H and O–H groups in total. The van der Waals surface area contributed by atoms with Crippen LogP contribution in [-0.4, -0.2) is 30.1 Å². The molecule has 1 heterocycles. The van der Waals surface area contributed by atoms with Crippen molar-refractivity contribution < 1.29 is 0 Å². The van der Waals surface area contributed by atoms with Crippen LogP contribution in [0.4, 0.5) is 5.69 Å². The molecule has 18 heavy (non-hydrogen) atoms. The second-order valence-electron chi connectivity index (χ2n) is 5.71. The molecule has 1 saturated heterocycles. The van der Waals surface area contributed by atoms with Gasteiger partial charge in [0.1, 0.15) is 0 Å². The highest BCUT2D eigenvalue weighted by atomic mass is 15.1. The van der Waals surface area contributed by atoms with Gasteiger partial charge in [-0.15, -0.1) is 0 Å². The maximum atomic E-state index is 5.84. The van der Waals surface area contributed by atoms with Crippen LogP contribution in [0.1, 0.15) is 31.2 Å². The van der Waals surface area contributed by atoms with Gasteiger partial charge in [0.15, 0.2) is 0 Å². The second kappa shape index (κ2) is 5.29. The van der Waals surface area contributed by atoms with Gasteiger partial charge in [0, 0.05) is 24.3 Å².